The molecule has 0 spiro atoms. The molecule has 3 saturated heterocycles. The summed E-state index contributed by atoms with van der Waals surface area (Å²) in [5.74, 6) is -8.57. The minimum Gasteiger partial charge on any atom is -0.460 e. The van der Waals surface area contributed by atoms with E-state index in [1.807, 2.05) is 84.1 Å². The molecule has 1 amide bonds. The number of hydrogen-bond donors (Lipinski definition) is 2. The molecule has 5 aliphatic rings. The van der Waals surface area contributed by atoms with Crippen molar-refractivity contribution in [3.63, 3.8) is 0 Å². The highest BCUT2D eigenvalue weighted by molar-refractivity contribution is 6.39. The topological polar surface area (TPSA) is 203 Å². The van der Waals surface area contributed by atoms with Crippen molar-refractivity contribution in [1.82, 2.24) is 4.90 Å². The third-order valence-corrected chi connectivity index (χ3v) is 16.2. The maximum absolute atomic E-state index is 14.6. The zero-order valence-corrected chi connectivity index (χ0v) is 47.0. The quantitative estimate of drug-likeness (QED) is 0.121. The van der Waals surface area contributed by atoms with Crippen LogP contribution in [0.15, 0.2) is 59.8 Å². The summed E-state index contributed by atoms with van der Waals surface area (Å²) in [6, 6.07) is -1.15. The first-order valence-corrected chi connectivity index (χ1v) is 27.6. The Balaban J connectivity index is 1.41. The highest BCUT2D eigenvalue weighted by Crippen LogP contribution is 2.38. The highest BCUT2D eigenvalue weighted by Gasteiger charge is 2.53. The number of cyclic esters (lactones) is 1. The van der Waals surface area contributed by atoms with E-state index in [1.54, 1.807) is 41.1 Å². The Morgan fingerprint density at radius 3 is 2.28 bits per heavy atom. The second-order valence-electron chi connectivity index (χ2n) is 22.7. The number of carbonyl (C=O) groups is 5. The van der Waals surface area contributed by atoms with Gasteiger partial charge >= 0.3 is 5.97 Å². The van der Waals surface area contributed by atoms with E-state index >= 15 is 0 Å². The van der Waals surface area contributed by atoms with Crippen LogP contribution in [0.4, 0.5) is 0 Å². The fourth-order valence-electron chi connectivity index (χ4n) is 11.5. The van der Waals surface area contributed by atoms with Crippen molar-refractivity contribution in [2.45, 2.75) is 206 Å². The van der Waals surface area contributed by atoms with E-state index in [-0.39, 0.29) is 67.0 Å². The molecular formula is C59H91NO15. The molecule has 0 aromatic carbocycles. The summed E-state index contributed by atoms with van der Waals surface area (Å²) in [4.78, 5) is 72.7. The van der Waals surface area contributed by atoms with Gasteiger partial charge in [-0.3, -0.25) is 19.2 Å². The number of amides is 1. The van der Waals surface area contributed by atoms with Crippen molar-refractivity contribution in [3.8, 4) is 0 Å². The van der Waals surface area contributed by atoms with Crippen molar-refractivity contribution in [3.05, 3.63) is 59.8 Å². The van der Waals surface area contributed by atoms with Gasteiger partial charge in [0, 0.05) is 58.5 Å². The highest BCUT2D eigenvalue weighted by atomic mass is 16.7. The first-order valence-electron chi connectivity index (χ1n) is 27.6. The predicted molar refractivity (Wildman–Crippen MR) is 283 cm³/mol. The number of allylic oxidation sites excluding steroid dienone is 6. The molecule has 422 valence electrons. The van der Waals surface area contributed by atoms with Crippen LogP contribution in [0.5, 0.6) is 0 Å². The molecule has 1 aliphatic carbocycles. The van der Waals surface area contributed by atoms with Crippen LogP contribution in [-0.2, 0) is 61.9 Å². The first-order chi connectivity index (χ1) is 35.5. The largest absolute Gasteiger partial charge is 0.460 e. The Morgan fingerprint density at radius 2 is 1.60 bits per heavy atom. The van der Waals surface area contributed by atoms with Crippen LogP contribution in [0.3, 0.4) is 0 Å². The van der Waals surface area contributed by atoms with E-state index in [9.17, 15) is 34.2 Å². The summed E-state index contributed by atoms with van der Waals surface area (Å²) in [6.07, 6.45) is 15.9. The number of fused-ring (bicyclic) bond motifs is 3. The van der Waals surface area contributed by atoms with E-state index in [1.165, 1.54) is 12.0 Å². The fraction of sp³-hybridized carbons (Fsp3) is 0.746. The lowest BCUT2D eigenvalue weighted by atomic mass is 9.78. The van der Waals surface area contributed by atoms with Crippen LogP contribution in [-0.4, -0.2) is 152 Å². The number of piperidine rings is 1. The van der Waals surface area contributed by atoms with Gasteiger partial charge in [0.1, 0.15) is 36.2 Å². The van der Waals surface area contributed by atoms with E-state index in [2.05, 4.69) is 0 Å². The number of carbonyl (C=O) groups excluding carboxylic acids is 5. The lowest BCUT2D eigenvalue weighted by Crippen LogP contribution is -2.61. The Kier molecular flexibility index (Phi) is 23.8. The van der Waals surface area contributed by atoms with Gasteiger partial charge in [0.05, 0.1) is 37.6 Å². The van der Waals surface area contributed by atoms with Gasteiger partial charge in [-0.1, -0.05) is 83.2 Å². The van der Waals surface area contributed by atoms with Gasteiger partial charge in [-0.15, -0.1) is 0 Å². The average Bonchev–Trinajstić information content (AvgIpc) is 3.74. The second kappa shape index (κ2) is 28.8. The van der Waals surface area contributed by atoms with E-state index in [0.29, 0.717) is 70.2 Å². The number of nitrogens with zero attached hydrogens (tertiary/aromatic N) is 1. The molecule has 75 heavy (non-hydrogen) atoms. The standard InChI is InChI=1S/C59H91NO15/c1-36-19-14-13-15-20-37(2)49(68-10)33-44-25-23-42(7)59(67,75-44)55(64)56(65)60-27-17-16-22-46(60)57(66)73-50(34-47(61)38(3)30-41(6)53(63)54(70-12)52(62)40(5)29-36)39(4)31-43-24-26-48(51(32-43)69-11)71-28-18-21-45-35-72-58(8,9)74-45/h13-15,18-21,30,36,38-40,42-46,48-51,53-54,63,67H,16-17,22-29,31-35H2,1-12H3/b15-13+,19-14-,21-18+,37-20+,41-30+/t36-,38-,39-,40-,42-,43-,44+,45?,46+,48-,49+,50+,51-,53-,54+,59-/m1/s1. The summed E-state index contributed by atoms with van der Waals surface area (Å²) in [5, 5.41) is 23.6. The summed E-state index contributed by atoms with van der Waals surface area (Å²) in [7, 11) is 4.64. The lowest BCUT2D eigenvalue weighted by Gasteiger charge is -2.42. The zero-order valence-electron chi connectivity index (χ0n) is 47.0. The van der Waals surface area contributed by atoms with Gasteiger partial charge in [-0.2, -0.15) is 0 Å². The van der Waals surface area contributed by atoms with Crippen molar-refractivity contribution in [2.75, 3.05) is 41.1 Å². The van der Waals surface area contributed by atoms with Crippen LogP contribution >= 0.6 is 0 Å². The third-order valence-electron chi connectivity index (χ3n) is 16.2. The maximum Gasteiger partial charge on any atom is 0.329 e. The number of ketones is 3. The first kappa shape index (κ1) is 62.1. The Labute approximate surface area is 446 Å². The maximum atomic E-state index is 14.6. The molecule has 0 aromatic rings. The van der Waals surface area contributed by atoms with Gasteiger partial charge in [0.25, 0.3) is 11.7 Å². The molecule has 16 nitrogen and oxygen atoms in total. The summed E-state index contributed by atoms with van der Waals surface area (Å²) < 4.78 is 47.8. The third kappa shape index (κ3) is 17.1. The number of rotatable bonds is 10. The number of aliphatic hydroxyl groups excluding tert-OH is 1. The molecule has 5 rings (SSSR count). The van der Waals surface area contributed by atoms with E-state index < -0.39 is 83.5 Å². The Bertz CT molecular complexity index is 2080. The van der Waals surface area contributed by atoms with E-state index in [0.717, 1.165) is 18.4 Å². The SMILES string of the molecule is CO[C@H]1C[C@@H]2CC[C@@H](C)[C@@](O)(O2)C(=O)C(=O)N2CCCC[C@H]2C(=O)O[C@H]([C@H](C)C[C@H]2CC[C@@H](OC/C=C/C3COC(C)(C)O3)[C@H](OC)C2)CC(=O)[C@H](C)/C=C(\C)[C@@H](O)[C@@H](OC)C(=O)[C@H](C)C[C@H](C)\C=C/C=C/C=C/1C. The molecule has 0 aromatic heterocycles. The second-order valence-corrected chi connectivity index (χ2v) is 22.7. The van der Waals surface area contributed by atoms with Crippen LogP contribution in [0, 0.1) is 35.5 Å². The Hall–Kier alpha value is -3.71. The minimum absolute atomic E-state index is 0.0136. The molecule has 2 N–H and O–H groups in total. The minimum atomic E-state index is -2.44. The molecule has 4 aliphatic heterocycles. The summed E-state index contributed by atoms with van der Waals surface area (Å²) >= 11 is 0. The van der Waals surface area contributed by atoms with Gasteiger partial charge in [0.15, 0.2) is 11.6 Å². The average molecular weight is 1050 g/mol. The van der Waals surface area contributed by atoms with Crippen molar-refractivity contribution < 1.29 is 72.1 Å². The van der Waals surface area contributed by atoms with Gasteiger partial charge < -0.3 is 53.0 Å². The fourth-order valence-corrected chi connectivity index (χ4v) is 11.5. The van der Waals surface area contributed by atoms with Crippen molar-refractivity contribution in [1.29, 1.82) is 0 Å². The Morgan fingerprint density at radius 1 is 0.853 bits per heavy atom. The molecule has 4 heterocycles. The van der Waals surface area contributed by atoms with Crippen LogP contribution in [0.25, 0.3) is 0 Å². The van der Waals surface area contributed by atoms with Gasteiger partial charge in [-0.05, 0) is 121 Å². The molecular weight excluding hydrogens is 963 g/mol. The van der Waals surface area contributed by atoms with Crippen LogP contribution in [0.2, 0.25) is 0 Å². The molecule has 1 unspecified atom stereocenters. The van der Waals surface area contributed by atoms with Crippen LogP contribution in [0.1, 0.15) is 139 Å². The number of methoxy groups -OCH3 is 3. The number of ether oxygens (including phenoxy) is 8. The number of hydrogen-bond acceptors (Lipinski definition) is 15. The van der Waals surface area contributed by atoms with E-state index in [4.69, 9.17) is 37.9 Å². The zero-order chi connectivity index (χ0) is 55.2. The monoisotopic (exact) mass is 1050 g/mol. The normalized spacial score (nSPS) is 39.5. The smallest absolute Gasteiger partial charge is 0.329 e. The lowest BCUT2D eigenvalue weighted by molar-refractivity contribution is -0.265. The van der Waals surface area contributed by atoms with Gasteiger partial charge in [0.2, 0.25) is 5.79 Å². The predicted octanol–water partition coefficient (Wildman–Crippen LogP) is 7.91. The molecule has 0 radical (unpaired) electrons. The number of esters is 1. The molecule has 2 bridgehead atoms. The van der Waals surface area contributed by atoms with Crippen LogP contribution < -0.4 is 0 Å². The number of Topliss-reactive ketones (excluding diaryl/α,β-unsaturated/α-hetero) is 3. The van der Waals surface area contributed by atoms with Crippen molar-refractivity contribution in [2.24, 2.45) is 35.5 Å². The van der Waals surface area contributed by atoms with Crippen molar-refractivity contribution >= 4 is 29.2 Å². The summed E-state index contributed by atoms with van der Waals surface area (Å²) in [5.41, 5.74) is 1.27. The molecule has 16 atom stereocenters. The molecule has 16 heteroatoms. The van der Waals surface area contributed by atoms with Gasteiger partial charge in [-0.25, -0.2) is 4.79 Å². The number of aliphatic hydroxyl groups is 2. The molecule has 4 fully saturated rings. The molecule has 1 saturated carbocycles. The summed E-state index contributed by atoms with van der Waals surface area (Å²) in [6.45, 7) is 17.5.